The Labute approximate surface area is 122 Å². The predicted octanol–water partition coefficient (Wildman–Crippen LogP) is 1.07. The molecule has 2 unspecified atom stereocenters. The Balaban J connectivity index is 1.89. The Hall–Kier alpha value is -2.37. The summed E-state index contributed by atoms with van der Waals surface area (Å²) < 4.78 is 0. The van der Waals surface area contributed by atoms with Crippen LogP contribution in [0.2, 0.25) is 0 Å². The SMILES string of the molecule is CC1CN(c2cccc(N3C(=O)CC(C)C3=O)c2)NC1=O. The van der Waals surface area contributed by atoms with Gasteiger partial charge in [0.2, 0.25) is 17.7 Å². The molecule has 2 saturated heterocycles. The molecule has 2 atom stereocenters. The van der Waals surface area contributed by atoms with Crippen molar-refractivity contribution in [3.05, 3.63) is 24.3 Å². The third kappa shape index (κ3) is 2.26. The van der Waals surface area contributed by atoms with Crippen molar-refractivity contribution < 1.29 is 14.4 Å². The molecule has 0 radical (unpaired) electrons. The number of imide groups is 1. The highest BCUT2D eigenvalue weighted by Gasteiger charge is 2.37. The first-order chi connectivity index (χ1) is 9.97. The highest BCUT2D eigenvalue weighted by atomic mass is 16.2. The van der Waals surface area contributed by atoms with E-state index in [2.05, 4.69) is 5.43 Å². The van der Waals surface area contributed by atoms with E-state index in [0.29, 0.717) is 12.2 Å². The number of benzene rings is 1. The van der Waals surface area contributed by atoms with Crippen LogP contribution in [0.4, 0.5) is 11.4 Å². The van der Waals surface area contributed by atoms with Crippen LogP contribution < -0.4 is 15.3 Å². The second-order valence-electron chi connectivity index (χ2n) is 5.68. The van der Waals surface area contributed by atoms with Crippen molar-refractivity contribution in [2.45, 2.75) is 20.3 Å². The van der Waals surface area contributed by atoms with E-state index in [0.717, 1.165) is 5.69 Å². The lowest BCUT2D eigenvalue weighted by atomic mass is 10.1. The molecule has 21 heavy (non-hydrogen) atoms. The molecule has 1 aromatic rings. The molecule has 3 amide bonds. The summed E-state index contributed by atoms with van der Waals surface area (Å²) in [7, 11) is 0. The maximum absolute atomic E-state index is 12.1. The van der Waals surface area contributed by atoms with E-state index in [4.69, 9.17) is 0 Å². The molecule has 3 rings (SSSR count). The van der Waals surface area contributed by atoms with Gasteiger partial charge in [-0.1, -0.05) is 19.9 Å². The van der Waals surface area contributed by atoms with Crippen LogP contribution >= 0.6 is 0 Å². The van der Waals surface area contributed by atoms with Gasteiger partial charge in [0, 0.05) is 12.3 Å². The van der Waals surface area contributed by atoms with E-state index in [9.17, 15) is 14.4 Å². The molecule has 0 aliphatic carbocycles. The van der Waals surface area contributed by atoms with Crippen molar-refractivity contribution in [3.63, 3.8) is 0 Å². The zero-order valence-corrected chi connectivity index (χ0v) is 12.0. The lowest BCUT2D eigenvalue weighted by Gasteiger charge is -2.20. The molecule has 6 heteroatoms. The van der Waals surface area contributed by atoms with Gasteiger partial charge in [0.15, 0.2) is 0 Å². The zero-order valence-electron chi connectivity index (χ0n) is 12.0. The first-order valence-corrected chi connectivity index (χ1v) is 7.02. The standard InChI is InChI=1S/C15H17N3O3/c1-9-6-13(19)18(15(9)21)12-5-3-4-11(7-12)17-8-10(2)14(20)16-17/h3-5,7,9-10H,6,8H2,1-2H3,(H,16,20). The average Bonchev–Trinajstić information content (AvgIpc) is 2.91. The third-order valence-corrected chi connectivity index (χ3v) is 3.92. The second kappa shape index (κ2) is 4.87. The number of hydrogen-bond donors (Lipinski definition) is 1. The number of carbonyl (C=O) groups is 3. The molecule has 0 bridgehead atoms. The lowest BCUT2D eigenvalue weighted by Crippen LogP contribution is -2.34. The summed E-state index contributed by atoms with van der Waals surface area (Å²) in [5, 5.41) is 1.74. The third-order valence-electron chi connectivity index (χ3n) is 3.92. The van der Waals surface area contributed by atoms with Gasteiger partial charge in [0.25, 0.3) is 0 Å². The van der Waals surface area contributed by atoms with Gasteiger partial charge in [-0.15, -0.1) is 0 Å². The smallest absolute Gasteiger partial charge is 0.243 e. The van der Waals surface area contributed by atoms with Gasteiger partial charge in [-0.2, -0.15) is 0 Å². The van der Waals surface area contributed by atoms with Gasteiger partial charge in [-0.05, 0) is 18.2 Å². The van der Waals surface area contributed by atoms with Crippen LogP contribution in [0.5, 0.6) is 0 Å². The van der Waals surface area contributed by atoms with Crippen LogP contribution in [0.15, 0.2) is 24.3 Å². The van der Waals surface area contributed by atoms with Crippen molar-refractivity contribution in [1.29, 1.82) is 0 Å². The van der Waals surface area contributed by atoms with Crippen molar-refractivity contribution in [1.82, 2.24) is 5.43 Å². The van der Waals surface area contributed by atoms with Crippen molar-refractivity contribution in [2.75, 3.05) is 16.5 Å². The number of hydrazine groups is 1. The lowest BCUT2D eigenvalue weighted by molar-refractivity contribution is -0.123. The van der Waals surface area contributed by atoms with E-state index >= 15 is 0 Å². The number of anilines is 2. The molecule has 2 heterocycles. The monoisotopic (exact) mass is 287 g/mol. The summed E-state index contributed by atoms with van der Waals surface area (Å²) in [4.78, 5) is 36.8. The van der Waals surface area contributed by atoms with Gasteiger partial charge >= 0.3 is 0 Å². The van der Waals surface area contributed by atoms with Crippen molar-refractivity contribution >= 4 is 29.1 Å². The minimum Gasteiger partial charge on any atom is -0.285 e. The van der Waals surface area contributed by atoms with Crippen LogP contribution in [0.25, 0.3) is 0 Å². The highest BCUT2D eigenvalue weighted by Crippen LogP contribution is 2.29. The maximum Gasteiger partial charge on any atom is 0.243 e. The van der Waals surface area contributed by atoms with E-state index in [1.807, 2.05) is 13.0 Å². The number of amides is 3. The Morgan fingerprint density at radius 3 is 2.38 bits per heavy atom. The van der Waals surface area contributed by atoms with E-state index in [1.54, 1.807) is 30.1 Å². The van der Waals surface area contributed by atoms with E-state index in [-0.39, 0.29) is 36.0 Å². The number of nitrogens with zero attached hydrogens (tertiary/aromatic N) is 2. The topological polar surface area (TPSA) is 69.7 Å². The molecule has 0 spiro atoms. The Bertz CT molecular complexity index is 628. The summed E-state index contributed by atoms with van der Waals surface area (Å²) in [5.74, 6) is -0.724. The summed E-state index contributed by atoms with van der Waals surface area (Å²) in [5.41, 5.74) is 4.10. The first-order valence-electron chi connectivity index (χ1n) is 7.02. The molecule has 1 N–H and O–H groups in total. The number of nitrogens with one attached hydrogen (secondary N) is 1. The van der Waals surface area contributed by atoms with Crippen LogP contribution in [0.3, 0.4) is 0 Å². The van der Waals surface area contributed by atoms with Crippen LogP contribution in [-0.4, -0.2) is 24.3 Å². The molecule has 2 fully saturated rings. The van der Waals surface area contributed by atoms with Crippen LogP contribution in [0, 0.1) is 11.8 Å². The highest BCUT2D eigenvalue weighted by molar-refractivity contribution is 6.20. The maximum atomic E-state index is 12.1. The van der Waals surface area contributed by atoms with Crippen molar-refractivity contribution in [2.24, 2.45) is 11.8 Å². The number of hydrogen-bond acceptors (Lipinski definition) is 4. The van der Waals surface area contributed by atoms with Gasteiger partial charge in [0.1, 0.15) is 0 Å². The molecular weight excluding hydrogens is 270 g/mol. The summed E-state index contributed by atoms with van der Waals surface area (Å²) in [6.45, 7) is 4.18. The molecule has 2 aliphatic rings. The van der Waals surface area contributed by atoms with Gasteiger partial charge in [0.05, 0.1) is 23.8 Å². The largest absolute Gasteiger partial charge is 0.285 e. The second-order valence-corrected chi connectivity index (χ2v) is 5.68. The van der Waals surface area contributed by atoms with Gasteiger partial charge < -0.3 is 0 Å². The minimum atomic E-state index is -0.271. The fourth-order valence-corrected chi connectivity index (χ4v) is 2.67. The Morgan fingerprint density at radius 2 is 1.81 bits per heavy atom. The van der Waals surface area contributed by atoms with E-state index < -0.39 is 0 Å². The average molecular weight is 287 g/mol. The van der Waals surface area contributed by atoms with Crippen molar-refractivity contribution in [3.8, 4) is 0 Å². The summed E-state index contributed by atoms with van der Waals surface area (Å²) in [6, 6.07) is 7.12. The summed E-state index contributed by atoms with van der Waals surface area (Å²) in [6.07, 6.45) is 0.251. The van der Waals surface area contributed by atoms with Crippen LogP contribution in [-0.2, 0) is 14.4 Å². The first kappa shape index (κ1) is 13.6. The number of rotatable bonds is 2. The molecule has 110 valence electrons. The molecule has 0 aromatic heterocycles. The fraction of sp³-hybridized carbons (Fsp3) is 0.400. The number of carbonyl (C=O) groups excluding carboxylic acids is 3. The quantitative estimate of drug-likeness (QED) is 0.826. The normalized spacial score (nSPS) is 25.7. The van der Waals surface area contributed by atoms with E-state index in [1.165, 1.54) is 4.90 Å². The molecular formula is C15H17N3O3. The Morgan fingerprint density at radius 1 is 1.10 bits per heavy atom. The molecule has 1 aromatic carbocycles. The fourth-order valence-electron chi connectivity index (χ4n) is 2.67. The molecule has 2 aliphatic heterocycles. The molecule has 0 saturated carbocycles. The summed E-state index contributed by atoms with van der Waals surface area (Å²) >= 11 is 0. The molecule has 6 nitrogen and oxygen atoms in total. The van der Waals surface area contributed by atoms with Gasteiger partial charge in [-0.25, -0.2) is 0 Å². The van der Waals surface area contributed by atoms with Crippen LogP contribution in [0.1, 0.15) is 20.3 Å². The minimum absolute atomic E-state index is 0.0256. The predicted molar refractivity (Wildman–Crippen MR) is 77.4 cm³/mol. The van der Waals surface area contributed by atoms with Gasteiger partial charge in [-0.3, -0.25) is 29.7 Å². The zero-order chi connectivity index (χ0) is 15.1. The Kier molecular flexibility index (Phi) is 3.16.